The normalized spacial score (nSPS) is 35.0. The highest BCUT2D eigenvalue weighted by atomic mass is 16.8. The van der Waals surface area contributed by atoms with Gasteiger partial charge in [0, 0.05) is 65.6 Å². The SMILES string of the molecule is CCCCCCCCCNC(=O)C1OC(OC2CCC3(C)C(CCC4(C)C3C(=O)C=C3C5CC(C)(C(=O)NCCCCCCCCC)CCC5(C)CCC34C)C2(C)C)C(OC2C(C(=O)NCCCCCCCCC)OC(OC(C)=O)C(OC(C)=O)C2OC(C)=O)C(OC(C)=O)C1OC(C)=O. The summed E-state index contributed by atoms with van der Waals surface area (Å²) in [7, 11) is 0. The zero-order valence-electron chi connectivity index (χ0n) is 63.8. The third kappa shape index (κ3) is 19.5. The largest absolute Gasteiger partial charge is 0.455 e. The van der Waals surface area contributed by atoms with E-state index < -0.39 is 131 Å². The van der Waals surface area contributed by atoms with Crippen LogP contribution in [0.1, 0.15) is 296 Å². The maximum atomic E-state index is 15.8. The molecule has 3 amide bonds. The van der Waals surface area contributed by atoms with Crippen LogP contribution >= 0.6 is 0 Å². The van der Waals surface area contributed by atoms with E-state index >= 15 is 4.79 Å². The van der Waals surface area contributed by atoms with E-state index in [1.54, 1.807) is 0 Å². The molecule has 2 heterocycles. The molecule has 19 atom stereocenters. The van der Waals surface area contributed by atoms with Gasteiger partial charge in [0.15, 0.2) is 42.6 Å². The minimum Gasteiger partial charge on any atom is -0.455 e. The van der Waals surface area contributed by atoms with E-state index in [9.17, 15) is 38.4 Å². The average Bonchev–Trinajstić information content (AvgIpc) is 0.673. The van der Waals surface area contributed by atoms with Crippen molar-refractivity contribution >= 4 is 53.4 Å². The zero-order chi connectivity index (χ0) is 73.4. The van der Waals surface area contributed by atoms with E-state index in [1.807, 2.05) is 6.08 Å². The van der Waals surface area contributed by atoms with E-state index in [-0.39, 0.29) is 53.4 Å². The molecule has 7 aliphatic rings. The highest BCUT2D eigenvalue weighted by Crippen LogP contribution is 2.75. The quantitative estimate of drug-likeness (QED) is 0.0228. The van der Waals surface area contributed by atoms with Crippen LogP contribution in [0.3, 0.4) is 0 Å². The third-order valence-electron chi connectivity index (χ3n) is 24.9. The van der Waals surface area contributed by atoms with Crippen LogP contribution < -0.4 is 16.0 Å². The first-order valence-electron chi connectivity index (χ1n) is 38.9. The van der Waals surface area contributed by atoms with Crippen LogP contribution in [-0.4, -0.2) is 141 Å². The zero-order valence-corrected chi connectivity index (χ0v) is 63.8. The summed E-state index contributed by atoms with van der Waals surface area (Å²) in [5, 5.41) is 9.25. The number of esters is 5. The van der Waals surface area contributed by atoms with Crippen LogP contribution in [0.4, 0.5) is 0 Å². The number of carbonyl (C=O) groups is 9. The van der Waals surface area contributed by atoms with E-state index in [0.29, 0.717) is 38.6 Å². The summed E-state index contributed by atoms with van der Waals surface area (Å²) in [6.45, 7) is 29.0. The summed E-state index contributed by atoms with van der Waals surface area (Å²) in [6, 6.07) is 0. The molecule has 7 rings (SSSR count). The van der Waals surface area contributed by atoms with E-state index in [0.717, 1.165) is 163 Å². The Balaban J connectivity index is 1.25. The Morgan fingerprint density at radius 3 is 1.41 bits per heavy atom. The van der Waals surface area contributed by atoms with Gasteiger partial charge in [-0.15, -0.1) is 0 Å². The van der Waals surface area contributed by atoms with E-state index in [4.69, 9.17) is 42.6 Å². The monoisotopic (exact) mass is 1410 g/mol. The molecule has 2 aliphatic heterocycles. The number of amides is 3. The first-order valence-corrected chi connectivity index (χ1v) is 38.9. The third-order valence-corrected chi connectivity index (χ3v) is 24.9. The fourth-order valence-electron chi connectivity index (χ4n) is 19.2. The second-order valence-corrected chi connectivity index (χ2v) is 32.8. The number of unbranched alkanes of at least 4 members (excludes halogenated alkanes) is 18. The summed E-state index contributed by atoms with van der Waals surface area (Å²) in [5.74, 6) is -6.14. The molecule has 0 aromatic carbocycles. The van der Waals surface area contributed by atoms with Crippen molar-refractivity contribution < 1.29 is 85.8 Å². The second-order valence-electron chi connectivity index (χ2n) is 32.8. The Morgan fingerprint density at radius 1 is 0.460 bits per heavy atom. The van der Waals surface area contributed by atoms with E-state index in [2.05, 4.69) is 85.2 Å². The van der Waals surface area contributed by atoms with Crippen molar-refractivity contribution in [3.8, 4) is 0 Å². The summed E-state index contributed by atoms with van der Waals surface area (Å²) in [5.41, 5.74) is -1.54. The number of nitrogens with one attached hydrogen (secondary N) is 3. The maximum Gasteiger partial charge on any atom is 0.305 e. The minimum absolute atomic E-state index is 0.0576. The van der Waals surface area contributed by atoms with Crippen molar-refractivity contribution in [3.63, 3.8) is 0 Å². The van der Waals surface area contributed by atoms with Crippen LogP contribution in [0.15, 0.2) is 11.6 Å². The van der Waals surface area contributed by atoms with Crippen molar-refractivity contribution in [2.24, 2.45) is 50.2 Å². The van der Waals surface area contributed by atoms with Crippen molar-refractivity contribution in [3.05, 3.63) is 11.6 Å². The van der Waals surface area contributed by atoms with Crippen molar-refractivity contribution in [2.45, 2.75) is 364 Å². The Hall–Kier alpha value is -4.99. The number of ether oxygens (including phenoxy) is 9. The topological polar surface area (TPSA) is 273 Å². The molecule has 100 heavy (non-hydrogen) atoms. The highest BCUT2D eigenvalue weighted by molar-refractivity contribution is 5.96. The van der Waals surface area contributed by atoms with Crippen LogP contribution in [0.25, 0.3) is 0 Å². The van der Waals surface area contributed by atoms with Gasteiger partial charge in [0.2, 0.25) is 18.3 Å². The van der Waals surface area contributed by atoms with Crippen LogP contribution in [-0.2, 0) is 85.8 Å². The molecular formula is C79H129N3O18. The first-order chi connectivity index (χ1) is 47.4. The molecule has 0 spiro atoms. The van der Waals surface area contributed by atoms with Gasteiger partial charge in [0.1, 0.15) is 12.2 Å². The molecule has 0 radical (unpaired) electrons. The molecular weight excluding hydrogens is 1280 g/mol. The van der Waals surface area contributed by atoms with Crippen LogP contribution in [0.2, 0.25) is 0 Å². The van der Waals surface area contributed by atoms with Gasteiger partial charge in [-0.2, -0.15) is 0 Å². The Bertz CT molecular complexity index is 2830. The van der Waals surface area contributed by atoms with Gasteiger partial charge >= 0.3 is 29.8 Å². The summed E-state index contributed by atoms with van der Waals surface area (Å²) in [4.78, 5) is 126. The molecule has 4 saturated carbocycles. The van der Waals surface area contributed by atoms with Gasteiger partial charge in [-0.25, -0.2) is 0 Å². The fourth-order valence-corrected chi connectivity index (χ4v) is 19.2. The van der Waals surface area contributed by atoms with Crippen LogP contribution in [0.5, 0.6) is 0 Å². The summed E-state index contributed by atoms with van der Waals surface area (Å²) in [6.07, 6.45) is 12.0. The standard InChI is InChI=1S/C79H129N3O18/c1-16-19-22-25-28-31-34-45-80-69(89)64-60(92-50(4)83)62(93-51(5)84)67(98-61-63(94-52(6)85)66(95-53(7)86)71(96-54(8)87)99-65(61)70(90)81-46-35-32-29-26-23-20-17-2)72(100-64)97-59-38-39-77(13)58(74(59,9)10)37-40-79(15)68(77)57(88)48-55-56-49-76(12,42-41-75(56,11)43-44-78(55,79)14)73(91)82-47-36-33-30-27-24-21-18-3/h48,56,58-68,71-72H,16-47,49H2,1-15H3,(H,80,89)(H,81,90)(H,82,91). The van der Waals surface area contributed by atoms with Gasteiger partial charge in [0.25, 0.3) is 11.8 Å². The van der Waals surface area contributed by atoms with Gasteiger partial charge in [-0.3, -0.25) is 43.2 Å². The minimum atomic E-state index is -1.82. The highest BCUT2D eigenvalue weighted by Gasteiger charge is 2.71. The van der Waals surface area contributed by atoms with Gasteiger partial charge < -0.3 is 58.6 Å². The maximum absolute atomic E-state index is 15.8. The fraction of sp³-hybridized carbons (Fsp3) is 0.861. The molecule has 6 fully saturated rings. The van der Waals surface area contributed by atoms with Crippen molar-refractivity contribution in [1.29, 1.82) is 0 Å². The molecule has 0 bridgehead atoms. The molecule has 568 valence electrons. The molecule has 0 aromatic rings. The molecule has 3 N–H and O–H groups in total. The number of ketones is 1. The average molecular weight is 1410 g/mol. The number of fused-ring (bicyclic) bond motifs is 7. The van der Waals surface area contributed by atoms with Gasteiger partial charge in [-0.05, 0) is 122 Å². The number of hydrogen-bond acceptors (Lipinski definition) is 18. The molecule has 5 aliphatic carbocycles. The van der Waals surface area contributed by atoms with Crippen molar-refractivity contribution in [1.82, 2.24) is 16.0 Å². The molecule has 2 saturated heterocycles. The first kappa shape index (κ1) is 82.3. The summed E-state index contributed by atoms with van der Waals surface area (Å²) < 4.78 is 57.3. The van der Waals surface area contributed by atoms with Crippen molar-refractivity contribution in [2.75, 3.05) is 19.6 Å². The predicted molar refractivity (Wildman–Crippen MR) is 377 cm³/mol. The number of allylic oxidation sites excluding steroid dienone is 2. The van der Waals surface area contributed by atoms with Crippen LogP contribution in [0, 0.1) is 50.2 Å². The number of rotatable bonds is 36. The van der Waals surface area contributed by atoms with E-state index in [1.165, 1.54) is 37.7 Å². The summed E-state index contributed by atoms with van der Waals surface area (Å²) >= 11 is 0. The molecule has 19 unspecified atom stereocenters. The Morgan fingerprint density at radius 2 is 0.900 bits per heavy atom. The lowest BCUT2D eigenvalue weighted by Crippen LogP contribution is -2.70. The smallest absolute Gasteiger partial charge is 0.305 e. The molecule has 21 nitrogen and oxygen atoms in total. The molecule has 0 aromatic heterocycles. The number of carbonyl (C=O) groups excluding carboxylic acids is 9. The lowest BCUT2D eigenvalue weighted by Gasteiger charge is -2.70. The van der Waals surface area contributed by atoms with Gasteiger partial charge in [0.05, 0.1) is 6.10 Å². The Labute approximate surface area is 598 Å². The number of hydrogen-bond donors (Lipinski definition) is 3. The molecule has 21 heteroatoms. The Kier molecular flexibility index (Phi) is 30.1. The lowest BCUT2D eigenvalue weighted by molar-refractivity contribution is -0.355. The van der Waals surface area contributed by atoms with Gasteiger partial charge in [-0.1, -0.05) is 190 Å². The second kappa shape index (κ2) is 36.6. The predicted octanol–water partition coefficient (Wildman–Crippen LogP) is 13.4. The lowest BCUT2D eigenvalue weighted by atomic mass is 9.33.